The summed E-state index contributed by atoms with van der Waals surface area (Å²) in [7, 11) is 0. The van der Waals surface area contributed by atoms with E-state index in [1.807, 2.05) is 48.3 Å². The largest absolute Gasteiger partial charge is 0.374 e. The normalized spacial score (nSPS) is 11.1. The first-order valence-electron chi connectivity index (χ1n) is 8.33. The standard InChI is InChI=1S/C17H18N8S/c1-2-25-16(19-10-21-25)15-14(12-6-4-3-5-7-12)20-11-24(15)9-8-13-22-23-17(18)26-13/h3-7,10-11H,2,8-9H2,1H3,(H2,18,23). The lowest BCUT2D eigenvalue weighted by Gasteiger charge is -2.10. The van der Waals surface area contributed by atoms with Crippen LogP contribution in [0, 0.1) is 0 Å². The lowest BCUT2D eigenvalue weighted by molar-refractivity contribution is 0.648. The summed E-state index contributed by atoms with van der Waals surface area (Å²) < 4.78 is 3.97. The fourth-order valence-electron chi connectivity index (χ4n) is 2.86. The fraction of sp³-hybridized carbons (Fsp3) is 0.235. The highest BCUT2D eigenvalue weighted by atomic mass is 32.1. The molecule has 3 aromatic heterocycles. The molecule has 26 heavy (non-hydrogen) atoms. The van der Waals surface area contributed by atoms with Crippen molar-refractivity contribution < 1.29 is 0 Å². The van der Waals surface area contributed by atoms with Crippen molar-refractivity contribution in [2.24, 2.45) is 0 Å². The Balaban J connectivity index is 1.75. The smallest absolute Gasteiger partial charge is 0.203 e. The van der Waals surface area contributed by atoms with Crippen molar-refractivity contribution in [1.29, 1.82) is 0 Å². The van der Waals surface area contributed by atoms with Crippen LogP contribution < -0.4 is 5.73 Å². The van der Waals surface area contributed by atoms with Crippen LogP contribution in [0.15, 0.2) is 43.0 Å². The number of aromatic nitrogens is 7. The zero-order chi connectivity index (χ0) is 17.9. The van der Waals surface area contributed by atoms with E-state index in [2.05, 4.69) is 29.8 Å². The van der Waals surface area contributed by atoms with Crippen molar-refractivity contribution in [3.63, 3.8) is 0 Å². The second kappa shape index (κ2) is 7.04. The Morgan fingerprint density at radius 2 is 1.96 bits per heavy atom. The first-order chi connectivity index (χ1) is 12.8. The van der Waals surface area contributed by atoms with Crippen molar-refractivity contribution >= 4 is 16.5 Å². The molecular formula is C17H18N8S. The van der Waals surface area contributed by atoms with Gasteiger partial charge in [0.05, 0.1) is 12.0 Å². The minimum absolute atomic E-state index is 0.488. The van der Waals surface area contributed by atoms with Gasteiger partial charge in [0.15, 0.2) is 5.82 Å². The molecule has 0 aliphatic rings. The van der Waals surface area contributed by atoms with E-state index >= 15 is 0 Å². The number of hydrogen-bond donors (Lipinski definition) is 1. The van der Waals surface area contributed by atoms with Crippen molar-refractivity contribution in [2.45, 2.75) is 26.4 Å². The quantitative estimate of drug-likeness (QED) is 0.563. The second-order valence-corrected chi connectivity index (χ2v) is 6.78. The Morgan fingerprint density at radius 1 is 1.12 bits per heavy atom. The average Bonchev–Trinajstić information content (AvgIpc) is 3.39. The van der Waals surface area contributed by atoms with Crippen LogP contribution in [0.25, 0.3) is 22.8 Å². The summed E-state index contributed by atoms with van der Waals surface area (Å²) in [5, 5.41) is 13.7. The number of benzene rings is 1. The molecule has 8 nitrogen and oxygen atoms in total. The fourth-order valence-corrected chi connectivity index (χ4v) is 3.45. The van der Waals surface area contributed by atoms with Crippen molar-refractivity contribution in [2.75, 3.05) is 5.73 Å². The van der Waals surface area contributed by atoms with Crippen LogP contribution >= 0.6 is 11.3 Å². The predicted molar refractivity (Wildman–Crippen MR) is 100 cm³/mol. The molecule has 0 atom stereocenters. The highest BCUT2D eigenvalue weighted by molar-refractivity contribution is 7.15. The van der Waals surface area contributed by atoms with E-state index in [0.29, 0.717) is 11.7 Å². The Morgan fingerprint density at radius 3 is 2.69 bits per heavy atom. The maximum atomic E-state index is 5.68. The summed E-state index contributed by atoms with van der Waals surface area (Å²) in [6.07, 6.45) is 4.15. The molecule has 1 aromatic carbocycles. The van der Waals surface area contributed by atoms with Crippen LogP contribution in [0.4, 0.5) is 5.13 Å². The lowest BCUT2D eigenvalue weighted by Crippen LogP contribution is -2.07. The molecule has 0 unspecified atom stereocenters. The molecule has 4 aromatic rings. The molecule has 3 heterocycles. The van der Waals surface area contributed by atoms with Crippen LogP contribution in [0.5, 0.6) is 0 Å². The number of anilines is 1. The number of nitrogen functional groups attached to an aromatic ring is 1. The number of nitrogens with zero attached hydrogens (tertiary/aromatic N) is 7. The van der Waals surface area contributed by atoms with E-state index < -0.39 is 0 Å². The van der Waals surface area contributed by atoms with E-state index in [1.165, 1.54) is 11.3 Å². The molecule has 0 bridgehead atoms. The van der Waals surface area contributed by atoms with Crippen LogP contribution in [0.1, 0.15) is 11.9 Å². The Hall–Kier alpha value is -3.07. The highest BCUT2D eigenvalue weighted by Crippen LogP contribution is 2.30. The number of imidazole rings is 1. The Kier molecular flexibility index (Phi) is 4.44. The number of aryl methyl sites for hydroxylation is 3. The van der Waals surface area contributed by atoms with Gasteiger partial charge in [0.2, 0.25) is 5.13 Å². The molecule has 0 aliphatic heterocycles. The predicted octanol–water partition coefficient (Wildman–Crippen LogP) is 2.50. The van der Waals surface area contributed by atoms with Gasteiger partial charge in [0.1, 0.15) is 17.0 Å². The lowest BCUT2D eigenvalue weighted by atomic mass is 10.1. The minimum Gasteiger partial charge on any atom is -0.374 e. The topological polar surface area (TPSA) is 100 Å². The van der Waals surface area contributed by atoms with E-state index in [1.54, 1.807) is 6.33 Å². The summed E-state index contributed by atoms with van der Waals surface area (Å²) in [4.78, 5) is 9.14. The van der Waals surface area contributed by atoms with Gasteiger partial charge in [-0.15, -0.1) is 10.2 Å². The second-order valence-electron chi connectivity index (χ2n) is 5.68. The third-order valence-electron chi connectivity index (χ3n) is 4.06. The van der Waals surface area contributed by atoms with Crippen molar-refractivity contribution in [1.82, 2.24) is 34.5 Å². The molecule has 0 fully saturated rings. The molecular weight excluding hydrogens is 348 g/mol. The van der Waals surface area contributed by atoms with Gasteiger partial charge >= 0.3 is 0 Å². The summed E-state index contributed by atoms with van der Waals surface area (Å²) in [5.74, 6) is 0.806. The van der Waals surface area contributed by atoms with E-state index in [-0.39, 0.29) is 0 Å². The van der Waals surface area contributed by atoms with Crippen LogP contribution in [0.3, 0.4) is 0 Å². The Labute approximate surface area is 154 Å². The molecule has 0 spiro atoms. The first kappa shape index (κ1) is 16.4. The van der Waals surface area contributed by atoms with Gasteiger partial charge in [-0.05, 0) is 6.92 Å². The first-order valence-corrected chi connectivity index (χ1v) is 9.14. The summed E-state index contributed by atoms with van der Waals surface area (Å²) in [5.41, 5.74) is 8.57. The maximum Gasteiger partial charge on any atom is 0.203 e. The zero-order valence-corrected chi connectivity index (χ0v) is 15.1. The van der Waals surface area contributed by atoms with Gasteiger partial charge < -0.3 is 10.3 Å². The monoisotopic (exact) mass is 366 g/mol. The minimum atomic E-state index is 0.488. The molecule has 0 saturated heterocycles. The molecule has 0 aliphatic carbocycles. The van der Waals surface area contributed by atoms with E-state index in [4.69, 9.17) is 5.73 Å². The summed E-state index contributed by atoms with van der Waals surface area (Å²) in [6.45, 7) is 3.49. The molecule has 0 radical (unpaired) electrons. The van der Waals surface area contributed by atoms with Crippen LogP contribution in [-0.2, 0) is 19.5 Å². The summed E-state index contributed by atoms with van der Waals surface area (Å²) in [6, 6.07) is 10.1. The number of hydrogen-bond acceptors (Lipinski definition) is 7. The van der Waals surface area contributed by atoms with Crippen LogP contribution in [0.2, 0.25) is 0 Å². The van der Waals surface area contributed by atoms with Gasteiger partial charge in [0, 0.05) is 25.1 Å². The average molecular weight is 366 g/mol. The van der Waals surface area contributed by atoms with Crippen molar-refractivity contribution in [3.8, 4) is 22.8 Å². The SMILES string of the molecule is CCn1ncnc1-c1c(-c2ccccc2)ncn1CCc1nnc(N)s1. The van der Waals surface area contributed by atoms with Gasteiger partial charge in [-0.25, -0.2) is 14.6 Å². The molecule has 0 saturated carbocycles. The van der Waals surface area contributed by atoms with E-state index in [0.717, 1.165) is 40.7 Å². The molecule has 4 rings (SSSR count). The third-order valence-corrected chi connectivity index (χ3v) is 4.87. The van der Waals surface area contributed by atoms with Gasteiger partial charge in [-0.3, -0.25) is 0 Å². The number of rotatable bonds is 6. The molecule has 9 heteroatoms. The summed E-state index contributed by atoms with van der Waals surface area (Å²) >= 11 is 1.41. The van der Waals surface area contributed by atoms with Crippen LogP contribution in [-0.4, -0.2) is 34.5 Å². The Bertz CT molecular complexity index is 1000. The van der Waals surface area contributed by atoms with Gasteiger partial charge in [0.25, 0.3) is 0 Å². The highest BCUT2D eigenvalue weighted by Gasteiger charge is 2.19. The number of nitrogens with two attached hydrogens (primary N) is 1. The molecule has 132 valence electrons. The van der Waals surface area contributed by atoms with E-state index in [9.17, 15) is 0 Å². The van der Waals surface area contributed by atoms with Crippen molar-refractivity contribution in [3.05, 3.63) is 48.0 Å². The molecule has 0 amide bonds. The zero-order valence-electron chi connectivity index (χ0n) is 14.3. The van der Waals surface area contributed by atoms with Gasteiger partial charge in [-0.2, -0.15) is 5.10 Å². The molecule has 2 N–H and O–H groups in total. The maximum absolute atomic E-state index is 5.68. The third kappa shape index (κ3) is 3.08. The van der Waals surface area contributed by atoms with Gasteiger partial charge in [-0.1, -0.05) is 41.7 Å².